The highest BCUT2D eigenvalue weighted by molar-refractivity contribution is 9.10. The van der Waals surface area contributed by atoms with Gasteiger partial charge in [0.25, 0.3) is 5.56 Å². The predicted octanol–water partition coefficient (Wildman–Crippen LogP) is 3.58. The Bertz CT molecular complexity index is 498. The summed E-state index contributed by atoms with van der Waals surface area (Å²) in [6.07, 6.45) is 6.75. The second-order valence-electron chi connectivity index (χ2n) is 5.73. The van der Waals surface area contributed by atoms with Crippen LogP contribution in [0, 0.1) is 5.92 Å². The Balaban J connectivity index is 2.21. The first-order valence-corrected chi connectivity index (χ1v) is 7.84. The van der Waals surface area contributed by atoms with Crippen LogP contribution in [0.3, 0.4) is 0 Å². The van der Waals surface area contributed by atoms with Crippen molar-refractivity contribution in [2.24, 2.45) is 5.92 Å². The Morgan fingerprint density at radius 1 is 1.42 bits per heavy atom. The first kappa shape index (κ1) is 14.6. The van der Waals surface area contributed by atoms with Crippen LogP contribution in [0.2, 0.25) is 0 Å². The number of aromatic nitrogens is 2. The zero-order valence-electron chi connectivity index (χ0n) is 11.8. The predicted molar refractivity (Wildman–Crippen MR) is 81.6 cm³/mol. The highest BCUT2D eigenvalue weighted by Crippen LogP contribution is 2.28. The van der Waals surface area contributed by atoms with Gasteiger partial charge >= 0.3 is 0 Å². The SMILES string of the molecule is CC1CCCCC1Nc1cnn(C(C)C)c(=O)c1Br. The Hall–Kier alpha value is -0.840. The molecule has 2 unspecified atom stereocenters. The minimum Gasteiger partial charge on any atom is -0.380 e. The maximum Gasteiger partial charge on any atom is 0.283 e. The van der Waals surface area contributed by atoms with E-state index in [0.29, 0.717) is 16.4 Å². The molecular formula is C14H22BrN3O. The van der Waals surface area contributed by atoms with Gasteiger partial charge in [0.15, 0.2) is 0 Å². The van der Waals surface area contributed by atoms with Crippen molar-refractivity contribution in [3.8, 4) is 0 Å². The molecular weight excluding hydrogens is 306 g/mol. The third kappa shape index (κ3) is 3.19. The van der Waals surface area contributed by atoms with Crippen molar-refractivity contribution in [1.29, 1.82) is 0 Å². The molecule has 19 heavy (non-hydrogen) atoms. The van der Waals surface area contributed by atoms with Gasteiger partial charge in [-0.05, 0) is 48.5 Å². The number of hydrogen-bond acceptors (Lipinski definition) is 3. The molecule has 1 heterocycles. The average Bonchev–Trinajstić information content (AvgIpc) is 2.37. The van der Waals surface area contributed by atoms with E-state index in [9.17, 15) is 4.79 Å². The number of nitrogens with zero attached hydrogens (tertiary/aromatic N) is 2. The van der Waals surface area contributed by atoms with E-state index >= 15 is 0 Å². The fourth-order valence-electron chi connectivity index (χ4n) is 2.64. The van der Waals surface area contributed by atoms with Crippen molar-refractivity contribution < 1.29 is 0 Å². The fraction of sp³-hybridized carbons (Fsp3) is 0.714. The molecule has 1 aliphatic rings. The van der Waals surface area contributed by atoms with Crippen molar-refractivity contribution in [3.63, 3.8) is 0 Å². The van der Waals surface area contributed by atoms with Gasteiger partial charge < -0.3 is 5.32 Å². The van der Waals surface area contributed by atoms with Gasteiger partial charge in [-0.2, -0.15) is 5.10 Å². The highest BCUT2D eigenvalue weighted by atomic mass is 79.9. The van der Waals surface area contributed by atoms with Crippen LogP contribution in [0.1, 0.15) is 52.5 Å². The lowest BCUT2D eigenvalue weighted by Crippen LogP contribution is -2.32. The summed E-state index contributed by atoms with van der Waals surface area (Å²) in [6.45, 7) is 6.18. The van der Waals surface area contributed by atoms with Crippen LogP contribution in [0.4, 0.5) is 5.69 Å². The lowest BCUT2D eigenvalue weighted by atomic mass is 9.86. The molecule has 5 heteroatoms. The summed E-state index contributed by atoms with van der Waals surface area (Å²) in [7, 11) is 0. The molecule has 0 aromatic carbocycles. The highest BCUT2D eigenvalue weighted by Gasteiger charge is 2.22. The van der Waals surface area contributed by atoms with Crippen LogP contribution in [0.25, 0.3) is 0 Å². The second-order valence-corrected chi connectivity index (χ2v) is 6.52. The molecule has 4 nitrogen and oxygen atoms in total. The van der Waals surface area contributed by atoms with Crippen LogP contribution in [0.15, 0.2) is 15.5 Å². The molecule has 106 valence electrons. The summed E-state index contributed by atoms with van der Waals surface area (Å²) in [5.74, 6) is 0.646. The van der Waals surface area contributed by atoms with E-state index in [-0.39, 0.29) is 11.6 Å². The summed E-state index contributed by atoms with van der Waals surface area (Å²) in [5.41, 5.74) is 0.754. The molecule has 0 bridgehead atoms. The minimum atomic E-state index is -0.0662. The van der Waals surface area contributed by atoms with Gasteiger partial charge in [0.1, 0.15) is 4.47 Å². The van der Waals surface area contributed by atoms with Gasteiger partial charge in [-0.1, -0.05) is 19.8 Å². The molecule has 1 aromatic heterocycles. The maximum atomic E-state index is 12.2. The zero-order valence-corrected chi connectivity index (χ0v) is 13.4. The van der Waals surface area contributed by atoms with Crippen LogP contribution in [0.5, 0.6) is 0 Å². The van der Waals surface area contributed by atoms with Crippen molar-refractivity contribution >= 4 is 21.6 Å². The van der Waals surface area contributed by atoms with Crippen molar-refractivity contribution in [2.75, 3.05) is 5.32 Å². The van der Waals surface area contributed by atoms with Crippen molar-refractivity contribution in [2.45, 2.75) is 58.5 Å². The van der Waals surface area contributed by atoms with Gasteiger partial charge in [0, 0.05) is 6.04 Å². The molecule has 0 saturated heterocycles. The lowest BCUT2D eigenvalue weighted by Gasteiger charge is -2.30. The Morgan fingerprint density at radius 3 is 2.74 bits per heavy atom. The number of hydrogen-bond donors (Lipinski definition) is 1. The van der Waals surface area contributed by atoms with Crippen molar-refractivity contribution in [1.82, 2.24) is 9.78 Å². The molecule has 1 aromatic rings. The second kappa shape index (κ2) is 6.07. The summed E-state index contributed by atoms with van der Waals surface area (Å²) in [5, 5.41) is 7.72. The van der Waals surface area contributed by atoms with Crippen LogP contribution in [-0.2, 0) is 0 Å². The summed E-state index contributed by atoms with van der Waals surface area (Å²) < 4.78 is 2.09. The number of nitrogens with one attached hydrogen (secondary N) is 1. The van der Waals surface area contributed by atoms with E-state index in [1.165, 1.54) is 30.4 Å². The van der Waals surface area contributed by atoms with Gasteiger partial charge in [-0.15, -0.1) is 0 Å². The molecule has 0 radical (unpaired) electrons. The molecule has 1 saturated carbocycles. The van der Waals surface area contributed by atoms with Gasteiger partial charge in [0.2, 0.25) is 0 Å². The van der Waals surface area contributed by atoms with E-state index < -0.39 is 0 Å². The average molecular weight is 328 g/mol. The summed E-state index contributed by atoms with van der Waals surface area (Å²) in [4.78, 5) is 12.2. The van der Waals surface area contributed by atoms with Crippen LogP contribution < -0.4 is 10.9 Å². The lowest BCUT2D eigenvalue weighted by molar-refractivity contribution is 0.349. The Kier molecular flexibility index (Phi) is 4.66. The molecule has 0 spiro atoms. The largest absolute Gasteiger partial charge is 0.380 e. The third-order valence-corrected chi connectivity index (χ3v) is 4.65. The quantitative estimate of drug-likeness (QED) is 0.923. The molecule has 0 aliphatic heterocycles. The van der Waals surface area contributed by atoms with Crippen LogP contribution in [-0.4, -0.2) is 15.8 Å². The molecule has 1 fully saturated rings. The number of halogens is 1. The zero-order chi connectivity index (χ0) is 14.0. The molecule has 1 N–H and O–H groups in total. The van der Waals surface area contributed by atoms with E-state index in [4.69, 9.17) is 0 Å². The number of rotatable bonds is 3. The van der Waals surface area contributed by atoms with E-state index in [1.54, 1.807) is 6.20 Å². The monoisotopic (exact) mass is 327 g/mol. The van der Waals surface area contributed by atoms with Gasteiger partial charge in [-0.3, -0.25) is 4.79 Å². The molecule has 0 amide bonds. The first-order valence-electron chi connectivity index (χ1n) is 7.04. The van der Waals surface area contributed by atoms with Gasteiger partial charge in [0.05, 0.1) is 17.9 Å². The summed E-state index contributed by atoms with van der Waals surface area (Å²) in [6, 6.07) is 0.521. The van der Waals surface area contributed by atoms with Gasteiger partial charge in [-0.25, -0.2) is 4.68 Å². The first-order chi connectivity index (χ1) is 9.00. The molecule has 2 rings (SSSR count). The number of anilines is 1. The van der Waals surface area contributed by atoms with Crippen molar-refractivity contribution in [3.05, 3.63) is 21.0 Å². The Morgan fingerprint density at radius 2 is 2.11 bits per heavy atom. The topological polar surface area (TPSA) is 46.9 Å². The van der Waals surface area contributed by atoms with E-state index in [1.807, 2.05) is 13.8 Å². The minimum absolute atomic E-state index is 0.0662. The maximum absolute atomic E-state index is 12.2. The molecule has 1 aliphatic carbocycles. The standard InChI is InChI=1S/C14H22BrN3O/c1-9(2)18-14(19)13(15)12(8-16-18)17-11-7-5-4-6-10(11)3/h8-11,17H,4-7H2,1-3H3. The normalized spacial score (nSPS) is 23.6. The van der Waals surface area contributed by atoms with E-state index in [2.05, 4.69) is 33.3 Å². The molecule has 2 atom stereocenters. The Labute approximate surface area is 122 Å². The summed E-state index contributed by atoms with van der Waals surface area (Å²) >= 11 is 3.41. The third-order valence-electron chi connectivity index (χ3n) is 3.89. The fourth-order valence-corrected chi connectivity index (χ4v) is 3.04. The van der Waals surface area contributed by atoms with Crippen LogP contribution >= 0.6 is 15.9 Å². The van der Waals surface area contributed by atoms with E-state index in [0.717, 1.165) is 5.69 Å². The smallest absolute Gasteiger partial charge is 0.283 e.